The van der Waals surface area contributed by atoms with Crippen LogP contribution in [0.15, 0.2) is 0 Å². The van der Waals surface area contributed by atoms with Gasteiger partial charge in [-0.3, -0.25) is 0 Å². The molecule has 1 fully saturated rings. The zero-order chi connectivity index (χ0) is 12.0. The van der Waals surface area contributed by atoms with Crippen LogP contribution < -0.4 is 5.32 Å². The van der Waals surface area contributed by atoms with Gasteiger partial charge in [0.05, 0.1) is 0 Å². The van der Waals surface area contributed by atoms with Crippen molar-refractivity contribution in [2.45, 2.75) is 50.6 Å². The predicted molar refractivity (Wildman–Crippen MR) is 62.6 cm³/mol. The summed E-state index contributed by atoms with van der Waals surface area (Å²) in [6.07, 6.45) is 5.20. The van der Waals surface area contributed by atoms with Gasteiger partial charge in [0.25, 0.3) is 0 Å². The highest BCUT2D eigenvalue weighted by molar-refractivity contribution is 8.00. The average Bonchev–Trinajstić information content (AvgIpc) is 2.95. The van der Waals surface area contributed by atoms with Gasteiger partial charge in [0.15, 0.2) is 0 Å². The van der Waals surface area contributed by atoms with Crippen molar-refractivity contribution in [2.75, 3.05) is 12.3 Å². The van der Waals surface area contributed by atoms with Crippen molar-refractivity contribution in [3.8, 4) is 0 Å². The van der Waals surface area contributed by atoms with Crippen molar-refractivity contribution in [2.24, 2.45) is 5.92 Å². The molecule has 0 aromatic rings. The second-order valence-electron chi connectivity index (χ2n) is 4.42. The van der Waals surface area contributed by atoms with E-state index in [1.807, 2.05) is 0 Å². The highest BCUT2D eigenvalue weighted by Crippen LogP contribution is 2.31. The van der Waals surface area contributed by atoms with Crippen LogP contribution in [0, 0.1) is 5.92 Å². The fourth-order valence-electron chi connectivity index (χ4n) is 1.72. The SMILES string of the molecule is CCCC(CCSC(F)(F)F)CNC1CC1. The Kier molecular flexibility index (Phi) is 5.97. The molecule has 96 valence electrons. The van der Waals surface area contributed by atoms with Crippen molar-refractivity contribution in [3.05, 3.63) is 0 Å². The van der Waals surface area contributed by atoms with Crippen molar-refractivity contribution in [3.63, 3.8) is 0 Å². The maximum Gasteiger partial charge on any atom is 0.441 e. The summed E-state index contributed by atoms with van der Waals surface area (Å²) in [6.45, 7) is 2.97. The summed E-state index contributed by atoms with van der Waals surface area (Å²) < 4.78 is 35.9. The smallest absolute Gasteiger partial charge is 0.314 e. The van der Waals surface area contributed by atoms with Gasteiger partial charge in [0, 0.05) is 11.8 Å². The summed E-state index contributed by atoms with van der Waals surface area (Å²) in [5, 5.41) is 3.40. The summed E-state index contributed by atoms with van der Waals surface area (Å²) in [5.41, 5.74) is -4.07. The zero-order valence-electron chi connectivity index (χ0n) is 9.65. The Morgan fingerprint density at radius 3 is 2.50 bits per heavy atom. The summed E-state index contributed by atoms with van der Waals surface area (Å²) in [7, 11) is 0. The molecule has 0 aromatic carbocycles. The molecule has 0 bridgehead atoms. The van der Waals surface area contributed by atoms with Crippen LogP contribution in [0.4, 0.5) is 13.2 Å². The lowest BCUT2D eigenvalue weighted by Gasteiger charge is -2.17. The number of nitrogens with one attached hydrogen (secondary N) is 1. The lowest BCUT2D eigenvalue weighted by molar-refractivity contribution is -0.0328. The first-order valence-electron chi connectivity index (χ1n) is 5.95. The molecule has 1 atom stereocenters. The van der Waals surface area contributed by atoms with Crippen molar-refractivity contribution >= 4 is 11.8 Å². The molecule has 1 aliphatic rings. The van der Waals surface area contributed by atoms with Crippen LogP contribution in [-0.4, -0.2) is 23.8 Å². The van der Waals surface area contributed by atoms with E-state index in [1.54, 1.807) is 0 Å². The molecule has 0 aromatic heterocycles. The lowest BCUT2D eigenvalue weighted by atomic mass is 10.0. The molecule has 1 saturated carbocycles. The molecule has 0 amide bonds. The molecule has 16 heavy (non-hydrogen) atoms. The Labute approximate surface area is 99.6 Å². The quantitative estimate of drug-likeness (QED) is 0.708. The molecular weight excluding hydrogens is 235 g/mol. The highest BCUT2D eigenvalue weighted by Gasteiger charge is 2.28. The monoisotopic (exact) mass is 255 g/mol. The summed E-state index contributed by atoms with van der Waals surface area (Å²) in [5.74, 6) is 0.598. The number of thioether (sulfide) groups is 1. The third-order valence-corrected chi connectivity index (χ3v) is 3.53. The van der Waals surface area contributed by atoms with Crippen LogP contribution >= 0.6 is 11.8 Å². The van der Waals surface area contributed by atoms with Crippen LogP contribution in [0.2, 0.25) is 0 Å². The normalized spacial score (nSPS) is 18.8. The largest absolute Gasteiger partial charge is 0.441 e. The predicted octanol–water partition coefficient (Wildman–Crippen LogP) is 3.80. The molecular formula is C11H20F3NS. The number of halogens is 3. The Morgan fingerprint density at radius 2 is 2.00 bits per heavy atom. The van der Waals surface area contributed by atoms with Gasteiger partial charge in [-0.05, 0) is 38.1 Å². The fraction of sp³-hybridized carbons (Fsp3) is 1.00. The average molecular weight is 255 g/mol. The van der Waals surface area contributed by atoms with Crippen LogP contribution in [0.1, 0.15) is 39.0 Å². The van der Waals surface area contributed by atoms with Crippen molar-refractivity contribution in [1.82, 2.24) is 5.32 Å². The van der Waals surface area contributed by atoms with E-state index in [0.29, 0.717) is 18.4 Å². The van der Waals surface area contributed by atoms with Gasteiger partial charge >= 0.3 is 5.51 Å². The van der Waals surface area contributed by atoms with Crippen molar-refractivity contribution in [1.29, 1.82) is 0 Å². The topological polar surface area (TPSA) is 12.0 Å². The Bertz CT molecular complexity index is 192. The Hall–Kier alpha value is 0.1000. The minimum atomic E-state index is -4.07. The number of rotatable bonds is 8. The van der Waals surface area contributed by atoms with Crippen LogP contribution in [0.5, 0.6) is 0 Å². The van der Waals surface area contributed by atoms with Gasteiger partial charge in [-0.25, -0.2) is 0 Å². The molecule has 0 aliphatic heterocycles. The van der Waals surface area contributed by atoms with Gasteiger partial charge in [0.1, 0.15) is 0 Å². The van der Waals surface area contributed by atoms with E-state index in [1.165, 1.54) is 12.8 Å². The molecule has 1 aliphatic carbocycles. The molecule has 1 unspecified atom stereocenters. The summed E-state index contributed by atoms with van der Waals surface area (Å²) >= 11 is 0.110. The van der Waals surface area contributed by atoms with E-state index in [-0.39, 0.29) is 17.5 Å². The van der Waals surface area contributed by atoms with Crippen molar-refractivity contribution < 1.29 is 13.2 Å². The molecule has 0 heterocycles. The van der Waals surface area contributed by atoms with Gasteiger partial charge in [-0.15, -0.1) is 0 Å². The Balaban J connectivity index is 2.10. The first-order valence-corrected chi connectivity index (χ1v) is 6.94. The van der Waals surface area contributed by atoms with E-state index in [2.05, 4.69) is 12.2 Å². The van der Waals surface area contributed by atoms with E-state index in [9.17, 15) is 13.2 Å². The van der Waals surface area contributed by atoms with Gasteiger partial charge < -0.3 is 5.32 Å². The number of alkyl halides is 3. The van der Waals surface area contributed by atoms with E-state index in [4.69, 9.17) is 0 Å². The standard InChI is InChI=1S/C11H20F3NS/c1-2-3-9(8-15-10-4-5-10)6-7-16-11(12,13)14/h9-10,15H,2-8H2,1H3. The highest BCUT2D eigenvalue weighted by atomic mass is 32.2. The van der Waals surface area contributed by atoms with E-state index >= 15 is 0 Å². The molecule has 5 heteroatoms. The minimum Gasteiger partial charge on any atom is -0.314 e. The maximum absolute atomic E-state index is 12.0. The van der Waals surface area contributed by atoms with Crippen LogP contribution in [-0.2, 0) is 0 Å². The van der Waals surface area contributed by atoms with E-state index < -0.39 is 5.51 Å². The first kappa shape index (κ1) is 14.2. The molecule has 1 rings (SSSR count). The van der Waals surface area contributed by atoms with Crippen LogP contribution in [0.3, 0.4) is 0 Å². The Morgan fingerprint density at radius 1 is 1.31 bits per heavy atom. The van der Waals surface area contributed by atoms with Gasteiger partial charge in [-0.1, -0.05) is 25.1 Å². The molecule has 0 saturated heterocycles. The minimum absolute atomic E-state index is 0.110. The third kappa shape index (κ3) is 7.39. The van der Waals surface area contributed by atoms with Crippen LogP contribution in [0.25, 0.3) is 0 Å². The third-order valence-electron chi connectivity index (χ3n) is 2.76. The number of hydrogen-bond donors (Lipinski definition) is 1. The van der Waals surface area contributed by atoms with E-state index in [0.717, 1.165) is 19.4 Å². The molecule has 1 nitrogen and oxygen atoms in total. The lowest BCUT2D eigenvalue weighted by Crippen LogP contribution is -2.25. The second kappa shape index (κ2) is 6.74. The first-order chi connectivity index (χ1) is 7.51. The van der Waals surface area contributed by atoms with Gasteiger partial charge in [-0.2, -0.15) is 13.2 Å². The fourth-order valence-corrected chi connectivity index (χ4v) is 2.40. The molecule has 0 spiro atoms. The molecule has 1 N–H and O–H groups in total. The van der Waals surface area contributed by atoms with Gasteiger partial charge in [0.2, 0.25) is 0 Å². The summed E-state index contributed by atoms with van der Waals surface area (Å²) in [6, 6.07) is 0.648. The molecule has 0 radical (unpaired) electrons. The number of hydrogen-bond acceptors (Lipinski definition) is 2. The zero-order valence-corrected chi connectivity index (χ0v) is 10.5. The summed E-state index contributed by atoms with van der Waals surface area (Å²) in [4.78, 5) is 0. The second-order valence-corrected chi connectivity index (χ2v) is 5.58. The maximum atomic E-state index is 12.0.